The molecule has 0 aliphatic carbocycles. The number of benzene rings is 1. The van der Waals surface area contributed by atoms with Crippen LogP contribution in [-0.4, -0.2) is 13.1 Å². The van der Waals surface area contributed by atoms with E-state index in [2.05, 4.69) is 25.2 Å². The fourth-order valence-corrected chi connectivity index (χ4v) is 3.13. The lowest BCUT2D eigenvalue weighted by Crippen LogP contribution is -2.35. The van der Waals surface area contributed by atoms with Crippen molar-refractivity contribution in [3.05, 3.63) is 33.8 Å². The Balaban J connectivity index is 2.82. The summed E-state index contributed by atoms with van der Waals surface area (Å²) in [7, 11) is 2.04. The maximum Gasteiger partial charge on any atom is 0.0624 e. The first-order valence-electron chi connectivity index (χ1n) is 7.24. The molecule has 0 radical (unpaired) electrons. The summed E-state index contributed by atoms with van der Waals surface area (Å²) in [6.45, 7) is 4.50. The molecule has 19 heavy (non-hydrogen) atoms. The van der Waals surface area contributed by atoms with E-state index in [1.54, 1.807) is 0 Å². The molecule has 0 saturated heterocycles. The van der Waals surface area contributed by atoms with Crippen molar-refractivity contribution in [2.24, 2.45) is 5.92 Å². The summed E-state index contributed by atoms with van der Waals surface area (Å²) in [6, 6.07) is 6.37. The van der Waals surface area contributed by atoms with Gasteiger partial charge in [0.1, 0.15) is 0 Å². The third-order valence-electron chi connectivity index (χ3n) is 3.73. The number of hydrogen-bond acceptors (Lipinski definition) is 1. The molecule has 0 aromatic heterocycles. The molecule has 1 unspecified atom stereocenters. The van der Waals surface area contributed by atoms with Gasteiger partial charge in [-0.25, -0.2) is 0 Å². The first-order valence-corrected chi connectivity index (χ1v) is 7.99. The fraction of sp³-hybridized carbons (Fsp3) is 0.625. The van der Waals surface area contributed by atoms with Crippen LogP contribution in [0.5, 0.6) is 0 Å². The van der Waals surface area contributed by atoms with Gasteiger partial charge >= 0.3 is 0 Å². The van der Waals surface area contributed by atoms with Gasteiger partial charge in [0.25, 0.3) is 0 Å². The summed E-state index contributed by atoms with van der Waals surface area (Å²) in [5.41, 5.74) is 1.14. The quantitative estimate of drug-likeness (QED) is 0.683. The predicted molar refractivity (Wildman–Crippen MR) is 86.3 cm³/mol. The Kier molecular flexibility index (Phi) is 7.82. The molecule has 0 amide bonds. The normalized spacial score (nSPS) is 12.9. The molecule has 108 valence electrons. The smallest absolute Gasteiger partial charge is 0.0624 e. The van der Waals surface area contributed by atoms with Crippen molar-refractivity contribution in [3.8, 4) is 0 Å². The average Bonchev–Trinajstić information content (AvgIpc) is 2.40. The fourth-order valence-electron chi connectivity index (χ4n) is 2.74. The highest BCUT2D eigenvalue weighted by Crippen LogP contribution is 2.28. The number of hydrogen-bond donors (Lipinski definition) is 1. The molecule has 0 heterocycles. The molecule has 0 saturated carbocycles. The molecule has 1 aromatic carbocycles. The van der Waals surface area contributed by atoms with E-state index in [0.717, 1.165) is 12.0 Å². The molecular formula is C16H25Cl2N. The highest BCUT2D eigenvalue weighted by Gasteiger charge is 2.20. The molecule has 3 heteroatoms. The van der Waals surface area contributed by atoms with Crippen LogP contribution in [-0.2, 0) is 6.42 Å². The Morgan fingerprint density at radius 2 is 1.74 bits per heavy atom. The van der Waals surface area contributed by atoms with Crippen LogP contribution in [0.3, 0.4) is 0 Å². The first kappa shape index (κ1) is 16.8. The van der Waals surface area contributed by atoms with E-state index >= 15 is 0 Å². The van der Waals surface area contributed by atoms with Gasteiger partial charge in [-0.2, -0.15) is 0 Å². The molecule has 1 nitrogen and oxygen atoms in total. The molecule has 0 aliphatic rings. The highest BCUT2D eigenvalue weighted by molar-refractivity contribution is 6.42. The summed E-state index contributed by atoms with van der Waals surface area (Å²) >= 11 is 12.4. The number of halogens is 2. The van der Waals surface area contributed by atoms with Crippen molar-refractivity contribution in [2.75, 3.05) is 7.05 Å². The van der Waals surface area contributed by atoms with E-state index < -0.39 is 0 Å². The number of likely N-dealkylation sites (N-methyl/N-ethyl adjacent to an activating group) is 1. The van der Waals surface area contributed by atoms with Crippen molar-refractivity contribution in [1.82, 2.24) is 5.32 Å². The lowest BCUT2D eigenvalue weighted by molar-refractivity contribution is 0.323. The largest absolute Gasteiger partial charge is 0.316 e. The third-order valence-corrected chi connectivity index (χ3v) is 4.59. The van der Waals surface area contributed by atoms with Gasteiger partial charge in [0.05, 0.1) is 10.0 Å². The Hall–Kier alpha value is -0.240. The molecule has 0 fully saturated rings. The van der Waals surface area contributed by atoms with Crippen LogP contribution in [0.15, 0.2) is 18.2 Å². The second-order valence-electron chi connectivity index (χ2n) is 5.15. The maximum absolute atomic E-state index is 6.29. The molecule has 1 aromatic rings. The molecule has 0 spiro atoms. The average molecular weight is 302 g/mol. The van der Waals surface area contributed by atoms with E-state index in [-0.39, 0.29) is 0 Å². The van der Waals surface area contributed by atoms with Crippen LogP contribution in [0.25, 0.3) is 0 Å². The van der Waals surface area contributed by atoms with Gasteiger partial charge in [0.2, 0.25) is 0 Å². The Labute approximate surface area is 127 Å². The van der Waals surface area contributed by atoms with Crippen LogP contribution in [0, 0.1) is 5.92 Å². The summed E-state index contributed by atoms with van der Waals surface area (Å²) in [5.74, 6) is 0.704. The standard InChI is InChI=1S/C16H25Cl2N/c1-4-7-12(8-5-2)15(19-3)11-13-9-6-10-14(17)16(13)18/h6,9-10,12,15,19H,4-5,7-8,11H2,1-3H3. The van der Waals surface area contributed by atoms with E-state index in [0.29, 0.717) is 22.0 Å². The molecule has 1 atom stereocenters. The molecule has 1 N–H and O–H groups in total. The minimum Gasteiger partial charge on any atom is -0.316 e. The van der Waals surface area contributed by atoms with Gasteiger partial charge in [-0.3, -0.25) is 0 Å². The van der Waals surface area contributed by atoms with Gasteiger partial charge in [0.15, 0.2) is 0 Å². The van der Waals surface area contributed by atoms with E-state index in [1.807, 2.05) is 19.2 Å². The van der Waals surface area contributed by atoms with Crippen LogP contribution < -0.4 is 5.32 Å². The number of nitrogens with one attached hydrogen (secondary N) is 1. The van der Waals surface area contributed by atoms with Crippen LogP contribution >= 0.6 is 23.2 Å². The van der Waals surface area contributed by atoms with Gasteiger partial charge in [-0.05, 0) is 43.9 Å². The lowest BCUT2D eigenvalue weighted by atomic mass is 9.87. The van der Waals surface area contributed by atoms with Crippen molar-refractivity contribution in [1.29, 1.82) is 0 Å². The van der Waals surface area contributed by atoms with Crippen molar-refractivity contribution in [3.63, 3.8) is 0 Å². The summed E-state index contributed by atoms with van der Waals surface area (Å²) in [4.78, 5) is 0. The van der Waals surface area contributed by atoms with Gasteiger partial charge in [-0.1, -0.05) is 62.0 Å². The number of rotatable bonds is 8. The van der Waals surface area contributed by atoms with Gasteiger partial charge in [0, 0.05) is 6.04 Å². The monoisotopic (exact) mass is 301 g/mol. The van der Waals surface area contributed by atoms with Crippen LogP contribution in [0.1, 0.15) is 45.1 Å². The summed E-state index contributed by atoms with van der Waals surface area (Å²) < 4.78 is 0. The highest BCUT2D eigenvalue weighted by atomic mass is 35.5. The third kappa shape index (κ3) is 4.98. The van der Waals surface area contributed by atoms with Gasteiger partial charge < -0.3 is 5.32 Å². The molecular weight excluding hydrogens is 277 g/mol. The zero-order chi connectivity index (χ0) is 14.3. The Morgan fingerprint density at radius 3 is 2.26 bits per heavy atom. The minimum atomic E-state index is 0.468. The Morgan fingerprint density at radius 1 is 1.11 bits per heavy atom. The first-order chi connectivity index (χ1) is 9.13. The van der Waals surface area contributed by atoms with Crippen molar-refractivity contribution < 1.29 is 0 Å². The second kappa shape index (κ2) is 8.84. The topological polar surface area (TPSA) is 12.0 Å². The van der Waals surface area contributed by atoms with Crippen LogP contribution in [0.2, 0.25) is 10.0 Å². The van der Waals surface area contributed by atoms with E-state index in [4.69, 9.17) is 23.2 Å². The molecule has 1 rings (SSSR count). The van der Waals surface area contributed by atoms with Crippen molar-refractivity contribution in [2.45, 2.75) is 52.0 Å². The Bertz CT molecular complexity index is 373. The van der Waals surface area contributed by atoms with Gasteiger partial charge in [-0.15, -0.1) is 0 Å². The lowest BCUT2D eigenvalue weighted by Gasteiger charge is -2.27. The molecule has 0 bridgehead atoms. The summed E-state index contributed by atoms with van der Waals surface area (Å²) in [5, 5.41) is 4.82. The van der Waals surface area contributed by atoms with E-state index in [1.165, 1.54) is 25.7 Å². The zero-order valence-electron chi connectivity index (χ0n) is 12.2. The van der Waals surface area contributed by atoms with Crippen LogP contribution in [0.4, 0.5) is 0 Å². The zero-order valence-corrected chi connectivity index (χ0v) is 13.7. The minimum absolute atomic E-state index is 0.468. The second-order valence-corrected chi connectivity index (χ2v) is 5.93. The van der Waals surface area contributed by atoms with Crippen molar-refractivity contribution >= 4 is 23.2 Å². The molecule has 0 aliphatic heterocycles. The predicted octanol–water partition coefficient (Wildman–Crippen LogP) is 5.34. The maximum atomic E-state index is 6.29. The summed E-state index contributed by atoms with van der Waals surface area (Å²) in [6.07, 6.45) is 5.92. The van der Waals surface area contributed by atoms with E-state index in [9.17, 15) is 0 Å². The SMILES string of the molecule is CCCC(CCC)C(Cc1cccc(Cl)c1Cl)NC.